The van der Waals surface area contributed by atoms with E-state index < -0.39 is 18.7 Å². The highest BCUT2D eigenvalue weighted by Crippen LogP contribution is 2.28. The lowest BCUT2D eigenvalue weighted by atomic mass is 10.3. The number of ether oxygens (including phenoxy) is 1. The van der Waals surface area contributed by atoms with E-state index in [0.29, 0.717) is 9.26 Å². The van der Waals surface area contributed by atoms with E-state index in [9.17, 15) is 13.2 Å². The Labute approximate surface area is 103 Å². The Kier molecular flexibility index (Phi) is 4.33. The molecule has 0 aliphatic heterocycles. The molecule has 1 aromatic rings. The fraction of sp³-hybridized carbons (Fsp3) is 0.375. The number of hydrogen-bond acceptors (Lipinski definition) is 4. The van der Waals surface area contributed by atoms with Gasteiger partial charge in [-0.1, -0.05) is 0 Å². The van der Waals surface area contributed by atoms with Crippen LogP contribution in [-0.4, -0.2) is 16.5 Å². The van der Waals surface area contributed by atoms with Gasteiger partial charge in [-0.15, -0.1) is 13.2 Å². The van der Waals surface area contributed by atoms with Crippen molar-refractivity contribution in [3.63, 3.8) is 0 Å². The summed E-state index contributed by atoms with van der Waals surface area (Å²) in [6.07, 6.45) is -4.81. The largest absolute Gasteiger partial charge is 0.573 e. The van der Waals surface area contributed by atoms with Crippen molar-refractivity contribution in [3.05, 3.63) is 21.0 Å². The summed E-state index contributed by atoms with van der Waals surface area (Å²) in [7, 11) is 0. The van der Waals surface area contributed by atoms with E-state index in [-0.39, 0.29) is 12.2 Å². The average Bonchev–Trinajstić information content (AvgIpc) is 2.16. The minimum Gasteiger partial charge on any atom is -0.404 e. The van der Waals surface area contributed by atoms with E-state index in [2.05, 4.69) is 9.72 Å². The van der Waals surface area contributed by atoms with Gasteiger partial charge in [0.1, 0.15) is 5.69 Å². The van der Waals surface area contributed by atoms with E-state index >= 15 is 0 Å². The van der Waals surface area contributed by atoms with Crippen molar-refractivity contribution < 1.29 is 23.0 Å². The number of hydrogen-bond donors (Lipinski definition) is 2. The monoisotopic (exact) mass is 348 g/mol. The molecule has 0 bridgehead atoms. The van der Waals surface area contributed by atoms with Crippen LogP contribution < -0.4 is 10.5 Å². The van der Waals surface area contributed by atoms with Crippen LogP contribution in [0.4, 0.5) is 13.2 Å². The van der Waals surface area contributed by atoms with Crippen LogP contribution in [-0.2, 0) is 13.2 Å². The number of nitrogens with two attached hydrogens (primary N) is 1. The molecule has 0 saturated carbocycles. The molecule has 1 aromatic heterocycles. The standard InChI is InChI=1S/C8H8F3IN2O2/c9-8(10,11)16-7-1-4(12)5(2-13)14-6(7)3-15/h1,15H,2-3,13H2. The molecule has 4 nitrogen and oxygen atoms in total. The van der Waals surface area contributed by atoms with Crippen molar-refractivity contribution in [2.75, 3.05) is 0 Å². The van der Waals surface area contributed by atoms with Crippen LogP contribution in [0.3, 0.4) is 0 Å². The van der Waals surface area contributed by atoms with Crippen LogP contribution in [0.25, 0.3) is 0 Å². The average molecular weight is 348 g/mol. The minimum atomic E-state index is -4.81. The van der Waals surface area contributed by atoms with Gasteiger partial charge < -0.3 is 15.6 Å². The van der Waals surface area contributed by atoms with Crippen LogP contribution >= 0.6 is 22.6 Å². The van der Waals surface area contributed by atoms with Crippen molar-refractivity contribution in [2.45, 2.75) is 19.5 Å². The van der Waals surface area contributed by atoms with Crippen LogP contribution in [0.15, 0.2) is 6.07 Å². The molecule has 16 heavy (non-hydrogen) atoms. The highest BCUT2D eigenvalue weighted by atomic mass is 127. The Hall–Kier alpha value is -0.610. The van der Waals surface area contributed by atoms with E-state index in [0.717, 1.165) is 6.07 Å². The fourth-order valence-electron chi connectivity index (χ4n) is 1.02. The van der Waals surface area contributed by atoms with Gasteiger partial charge in [0.05, 0.1) is 12.3 Å². The number of nitrogens with zero attached hydrogens (tertiary/aromatic N) is 1. The first-order chi connectivity index (χ1) is 7.37. The van der Waals surface area contributed by atoms with Gasteiger partial charge in [-0.05, 0) is 28.7 Å². The van der Waals surface area contributed by atoms with Gasteiger partial charge in [0.2, 0.25) is 0 Å². The zero-order valence-corrected chi connectivity index (χ0v) is 10.0. The zero-order valence-electron chi connectivity index (χ0n) is 7.88. The fourth-order valence-corrected chi connectivity index (χ4v) is 1.65. The maximum absolute atomic E-state index is 12.0. The summed E-state index contributed by atoms with van der Waals surface area (Å²) in [5, 5.41) is 8.87. The quantitative estimate of drug-likeness (QED) is 0.814. The molecular formula is C8H8F3IN2O2. The van der Waals surface area contributed by atoms with Gasteiger partial charge >= 0.3 is 6.36 Å². The predicted molar refractivity (Wildman–Crippen MR) is 57.5 cm³/mol. The summed E-state index contributed by atoms with van der Waals surface area (Å²) in [5.41, 5.74) is 5.57. The number of alkyl halides is 3. The number of halogens is 4. The number of rotatable bonds is 3. The molecule has 0 saturated heterocycles. The number of aromatic nitrogens is 1. The molecule has 8 heteroatoms. The Morgan fingerprint density at radius 2 is 2.06 bits per heavy atom. The highest BCUT2D eigenvalue weighted by molar-refractivity contribution is 14.1. The number of aliphatic hydroxyl groups is 1. The first-order valence-electron chi connectivity index (χ1n) is 4.12. The second-order valence-electron chi connectivity index (χ2n) is 2.77. The highest BCUT2D eigenvalue weighted by Gasteiger charge is 2.32. The molecule has 0 amide bonds. The Balaban J connectivity index is 3.13. The summed E-state index contributed by atoms with van der Waals surface area (Å²) in [5.74, 6) is -0.503. The van der Waals surface area contributed by atoms with E-state index in [1.54, 1.807) is 22.6 Å². The molecule has 90 valence electrons. The molecule has 0 radical (unpaired) electrons. The topological polar surface area (TPSA) is 68.4 Å². The lowest BCUT2D eigenvalue weighted by molar-refractivity contribution is -0.275. The summed E-state index contributed by atoms with van der Waals surface area (Å²) >= 11 is 1.80. The summed E-state index contributed by atoms with van der Waals surface area (Å²) in [4.78, 5) is 3.79. The normalized spacial score (nSPS) is 11.6. The predicted octanol–water partition coefficient (Wildman–Crippen LogP) is 1.54. The lowest BCUT2D eigenvalue weighted by Crippen LogP contribution is -2.19. The summed E-state index contributed by atoms with van der Waals surface area (Å²) in [6.45, 7) is -0.563. The molecule has 1 heterocycles. The van der Waals surface area contributed by atoms with Gasteiger partial charge in [-0.3, -0.25) is 0 Å². The molecule has 0 aliphatic rings. The third-order valence-corrected chi connectivity index (χ3v) is 2.59. The summed E-state index contributed by atoms with van der Waals surface area (Å²) in [6, 6.07) is 1.15. The van der Waals surface area contributed by atoms with E-state index in [1.165, 1.54) is 0 Å². The minimum absolute atomic E-state index is 0.0809. The molecule has 0 atom stereocenters. The molecule has 0 aromatic carbocycles. The Bertz CT molecular complexity index is 384. The molecular weight excluding hydrogens is 340 g/mol. The lowest BCUT2D eigenvalue weighted by Gasteiger charge is -2.13. The molecule has 0 fully saturated rings. The van der Waals surface area contributed by atoms with Crippen molar-refractivity contribution in [1.82, 2.24) is 4.98 Å². The van der Waals surface area contributed by atoms with Gasteiger partial charge in [0, 0.05) is 10.1 Å². The van der Waals surface area contributed by atoms with E-state index in [1.807, 2.05) is 0 Å². The number of pyridine rings is 1. The smallest absolute Gasteiger partial charge is 0.404 e. The van der Waals surface area contributed by atoms with Gasteiger partial charge in [-0.2, -0.15) is 0 Å². The van der Waals surface area contributed by atoms with Gasteiger partial charge in [0.15, 0.2) is 5.75 Å². The second kappa shape index (κ2) is 5.15. The molecule has 3 N–H and O–H groups in total. The molecule has 1 rings (SSSR count). The van der Waals surface area contributed by atoms with Crippen molar-refractivity contribution in [1.29, 1.82) is 0 Å². The maximum Gasteiger partial charge on any atom is 0.573 e. The third-order valence-electron chi connectivity index (χ3n) is 1.66. The van der Waals surface area contributed by atoms with Crippen LogP contribution in [0.5, 0.6) is 5.75 Å². The van der Waals surface area contributed by atoms with Crippen LogP contribution in [0, 0.1) is 3.57 Å². The Morgan fingerprint density at radius 1 is 1.44 bits per heavy atom. The first-order valence-corrected chi connectivity index (χ1v) is 5.20. The number of aliphatic hydroxyl groups excluding tert-OH is 1. The molecule has 0 spiro atoms. The first kappa shape index (κ1) is 13.5. The van der Waals surface area contributed by atoms with Crippen molar-refractivity contribution in [2.24, 2.45) is 5.73 Å². The van der Waals surface area contributed by atoms with Crippen molar-refractivity contribution in [3.8, 4) is 5.75 Å². The van der Waals surface area contributed by atoms with Crippen molar-refractivity contribution >= 4 is 22.6 Å². The van der Waals surface area contributed by atoms with Gasteiger partial charge in [-0.25, -0.2) is 4.98 Å². The third kappa shape index (κ3) is 3.46. The van der Waals surface area contributed by atoms with E-state index in [4.69, 9.17) is 10.8 Å². The molecule has 0 unspecified atom stereocenters. The molecule has 0 aliphatic carbocycles. The van der Waals surface area contributed by atoms with Crippen LogP contribution in [0.1, 0.15) is 11.4 Å². The SMILES string of the molecule is NCc1nc(CO)c(OC(F)(F)F)cc1I. The van der Waals surface area contributed by atoms with Crippen LogP contribution in [0.2, 0.25) is 0 Å². The summed E-state index contributed by atoms with van der Waals surface area (Å²) < 4.78 is 40.2. The second-order valence-corrected chi connectivity index (χ2v) is 3.93. The maximum atomic E-state index is 12.0. The zero-order chi connectivity index (χ0) is 12.3. The Morgan fingerprint density at radius 3 is 2.50 bits per heavy atom. The van der Waals surface area contributed by atoms with Gasteiger partial charge in [0.25, 0.3) is 0 Å².